The summed E-state index contributed by atoms with van der Waals surface area (Å²) in [5.74, 6) is -0.244. The third kappa shape index (κ3) is 6.32. The van der Waals surface area contributed by atoms with Gasteiger partial charge in [0.1, 0.15) is 0 Å². The lowest BCUT2D eigenvalue weighted by Gasteiger charge is -2.35. The first-order chi connectivity index (χ1) is 13.3. The maximum atomic E-state index is 12.8. The first-order valence-electron chi connectivity index (χ1n) is 9.52. The van der Waals surface area contributed by atoms with Crippen LogP contribution in [0, 0.1) is 0 Å². The van der Waals surface area contributed by atoms with Gasteiger partial charge in [-0.05, 0) is 18.2 Å². The van der Waals surface area contributed by atoms with E-state index >= 15 is 0 Å². The molecule has 0 atom stereocenters. The molecule has 2 heterocycles. The Balaban J connectivity index is 0.00000300. The van der Waals surface area contributed by atoms with Crippen LogP contribution < -0.4 is 5.32 Å². The Morgan fingerprint density at radius 1 is 0.966 bits per heavy atom. The Morgan fingerprint density at radius 2 is 1.62 bits per heavy atom. The molecule has 0 radical (unpaired) electrons. The lowest BCUT2D eigenvalue weighted by Crippen LogP contribution is -2.50. The van der Waals surface area contributed by atoms with Crippen LogP contribution in [0.15, 0.2) is 24.3 Å². The summed E-state index contributed by atoms with van der Waals surface area (Å²) in [6.07, 6.45) is -4.02. The van der Waals surface area contributed by atoms with Gasteiger partial charge in [-0.25, -0.2) is 0 Å². The zero-order valence-electron chi connectivity index (χ0n) is 16.1. The molecule has 2 aliphatic rings. The Hall–Kier alpha value is -1.84. The van der Waals surface area contributed by atoms with Crippen LogP contribution in [-0.2, 0) is 11.0 Å². The van der Waals surface area contributed by atoms with Crippen molar-refractivity contribution in [2.45, 2.75) is 12.6 Å². The normalized spacial score (nSPS) is 18.3. The molecule has 0 unspecified atom stereocenters. The van der Waals surface area contributed by atoms with Gasteiger partial charge in [-0.3, -0.25) is 14.5 Å². The van der Waals surface area contributed by atoms with Crippen LogP contribution in [0.5, 0.6) is 0 Å². The number of carbonyl (C=O) groups is 2. The van der Waals surface area contributed by atoms with E-state index in [0.29, 0.717) is 39.1 Å². The van der Waals surface area contributed by atoms with Gasteiger partial charge in [-0.1, -0.05) is 6.07 Å². The molecule has 2 amide bonds. The predicted octanol–water partition coefficient (Wildman–Crippen LogP) is 1.71. The molecule has 10 heteroatoms. The quantitative estimate of drug-likeness (QED) is 0.784. The highest BCUT2D eigenvalue weighted by Gasteiger charge is 2.31. The number of nitrogens with one attached hydrogen (secondary N) is 1. The average molecular weight is 435 g/mol. The van der Waals surface area contributed by atoms with Gasteiger partial charge in [0.25, 0.3) is 5.91 Å². The number of benzene rings is 1. The molecule has 1 aromatic carbocycles. The van der Waals surface area contributed by atoms with Gasteiger partial charge in [0.15, 0.2) is 0 Å². The van der Waals surface area contributed by atoms with Gasteiger partial charge in [0.05, 0.1) is 5.56 Å². The van der Waals surface area contributed by atoms with Crippen LogP contribution >= 0.6 is 12.4 Å². The fraction of sp³-hybridized carbons (Fsp3) is 0.579. The van der Waals surface area contributed by atoms with E-state index in [1.54, 1.807) is 4.90 Å². The van der Waals surface area contributed by atoms with Crippen molar-refractivity contribution in [1.82, 2.24) is 20.0 Å². The van der Waals surface area contributed by atoms with Crippen molar-refractivity contribution >= 4 is 24.2 Å². The van der Waals surface area contributed by atoms with Crippen molar-refractivity contribution in [2.24, 2.45) is 0 Å². The largest absolute Gasteiger partial charge is 0.416 e. The molecule has 0 aliphatic carbocycles. The summed E-state index contributed by atoms with van der Waals surface area (Å²) in [5, 5.41) is 3.21. The van der Waals surface area contributed by atoms with Gasteiger partial charge in [-0.15, -0.1) is 12.4 Å². The molecule has 2 aliphatic heterocycles. The third-order valence-corrected chi connectivity index (χ3v) is 5.21. The highest BCUT2D eigenvalue weighted by atomic mass is 35.5. The van der Waals surface area contributed by atoms with E-state index < -0.39 is 11.7 Å². The maximum absolute atomic E-state index is 12.8. The number of alkyl halides is 3. The van der Waals surface area contributed by atoms with E-state index in [9.17, 15) is 22.8 Å². The molecule has 1 N–H and O–H groups in total. The summed E-state index contributed by atoms with van der Waals surface area (Å²) in [6, 6.07) is 4.54. The highest BCUT2D eigenvalue weighted by molar-refractivity contribution is 5.94. The van der Waals surface area contributed by atoms with Gasteiger partial charge < -0.3 is 15.1 Å². The number of hydrogen-bond donors (Lipinski definition) is 1. The summed E-state index contributed by atoms with van der Waals surface area (Å²) in [4.78, 5) is 30.3. The molecule has 6 nitrogen and oxygen atoms in total. The van der Waals surface area contributed by atoms with Crippen LogP contribution in [0.3, 0.4) is 0 Å². The zero-order chi connectivity index (χ0) is 20.1. The van der Waals surface area contributed by atoms with Gasteiger partial charge in [0.2, 0.25) is 5.91 Å². The number of nitrogens with zero attached hydrogens (tertiary/aromatic N) is 3. The van der Waals surface area contributed by atoms with Gasteiger partial charge >= 0.3 is 6.18 Å². The molecule has 0 bridgehead atoms. The zero-order valence-corrected chi connectivity index (χ0v) is 16.9. The van der Waals surface area contributed by atoms with Crippen molar-refractivity contribution in [3.05, 3.63) is 35.4 Å². The second kappa shape index (κ2) is 10.3. The summed E-state index contributed by atoms with van der Waals surface area (Å²) in [7, 11) is 0. The predicted molar refractivity (Wildman–Crippen MR) is 105 cm³/mol. The maximum Gasteiger partial charge on any atom is 0.416 e. The van der Waals surface area contributed by atoms with Crippen molar-refractivity contribution < 1.29 is 22.8 Å². The second-order valence-corrected chi connectivity index (χ2v) is 7.09. The Morgan fingerprint density at radius 3 is 2.24 bits per heavy atom. The molecule has 162 valence electrons. The van der Waals surface area contributed by atoms with Crippen LogP contribution in [0.2, 0.25) is 0 Å². The van der Waals surface area contributed by atoms with E-state index in [0.717, 1.165) is 38.3 Å². The lowest BCUT2D eigenvalue weighted by atomic mass is 10.1. The number of rotatable bonds is 4. The standard InChI is InChI=1S/C19H25F3N4O2.ClH/c20-19(21,22)16-3-1-2-15(14-16)18(28)26-12-10-24(11-13-26)7-4-17(27)25-8-5-23-6-9-25;/h1-3,14,23H,4-13H2;1H. The molecule has 29 heavy (non-hydrogen) atoms. The monoisotopic (exact) mass is 434 g/mol. The van der Waals surface area contributed by atoms with Crippen LogP contribution in [0.1, 0.15) is 22.3 Å². The van der Waals surface area contributed by atoms with E-state index in [2.05, 4.69) is 10.2 Å². The van der Waals surface area contributed by atoms with Crippen molar-refractivity contribution in [3.63, 3.8) is 0 Å². The minimum atomic E-state index is -4.47. The van der Waals surface area contributed by atoms with Crippen LogP contribution in [0.25, 0.3) is 0 Å². The molecular weight excluding hydrogens is 409 g/mol. The molecule has 2 fully saturated rings. The molecule has 1 aromatic rings. The highest BCUT2D eigenvalue weighted by Crippen LogP contribution is 2.29. The van der Waals surface area contributed by atoms with E-state index in [4.69, 9.17) is 0 Å². The minimum Gasteiger partial charge on any atom is -0.340 e. The van der Waals surface area contributed by atoms with Crippen LogP contribution in [0.4, 0.5) is 13.2 Å². The fourth-order valence-electron chi connectivity index (χ4n) is 3.51. The van der Waals surface area contributed by atoms with Crippen molar-refractivity contribution in [3.8, 4) is 0 Å². The van der Waals surface area contributed by atoms with E-state index in [-0.39, 0.29) is 29.8 Å². The first kappa shape index (κ1) is 23.4. The average Bonchev–Trinajstić information content (AvgIpc) is 2.72. The molecule has 2 saturated heterocycles. The van der Waals surface area contributed by atoms with E-state index in [1.807, 2.05) is 4.90 Å². The molecule has 3 rings (SSSR count). The summed E-state index contributed by atoms with van der Waals surface area (Å²) in [5.41, 5.74) is -0.763. The SMILES string of the molecule is Cl.O=C(CCN1CCN(C(=O)c2cccc(C(F)(F)F)c2)CC1)N1CCNCC1. The third-order valence-electron chi connectivity index (χ3n) is 5.21. The lowest BCUT2D eigenvalue weighted by molar-refractivity contribution is -0.137. The topological polar surface area (TPSA) is 55.9 Å². The first-order valence-corrected chi connectivity index (χ1v) is 9.52. The van der Waals surface area contributed by atoms with Gasteiger partial charge in [0, 0.05) is 70.9 Å². The summed E-state index contributed by atoms with van der Waals surface area (Å²) >= 11 is 0. The Bertz CT molecular complexity index is 703. The van der Waals surface area contributed by atoms with Crippen molar-refractivity contribution in [2.75, 3.05) is 58.9 Å². The Kier molecular flexibility index (Phi) is 8.30. The van der Waals surface area contributed by atoms with E-state index in [1.165, 1.54) is 12.1 Å². The summed E-state index contributed by atoms with van der Waals surface area (Å²) in [6.45, 7) is 5.85. The van der Waals surface area contributed by atoms with Crippen molar-refractivity contribution in [1.29, 1.82) is 0 Å². The number of hydrogen-bond acceptors (Lipinski definition) is 4. The second-order valence-electron chi connectivity index (χ2n) is 7.09. The minimum absolute atomic E-state index is 0. The fourth-order valence-corrected chi connectivity index (χ4v) is 3.51. The molecule has 0 saturated carbocycles. The molecule has 0 spiro atoms. The van der Waals surface area contributed by atoms with Gasteiger partial charge in [-0.2, -0.15) is 13.2 Å². The van der Waals surface area contributed by atoms with Crippen LogP contribution in [-0.4, -0.2) is 85.4 Å². The number of piperazine rings is 2. The number of carbonyl (C=O) groups excluding carboxylic acids is 2. The Labute approximate surface area is 174 Å². The number of halogens is 4. The summed E-state index contributed by atoms with van der Waals surface area (Å²) < 4.78 is 38.5. The molecular formula is C19H26ClF3N4O2. The number of amides is 2. The smallest absolute Gasteiger partial charge is 0.340 e. The molecule has 0 aromatic heterocycles.